The normalized spacial score (nSPS) is 17.6. The second-order valence-electron chi connectivity index (χ2n) is 17.4. The molecule has 2 fully saturated rings. The quantitative estimate of drug-likeness (QED) is 0.128. The smallest absolute Gasteiger partial charge is 0.307 e. The molecule has 0 aromatic heterocycles. The summed E-state index contributed by atoms with van der Waals surface area (Å²) in [6.07, 6.45) is 0.871. The highest BCUT2D eigenvalue weighted by atomic mass is 35.5. The Balaban J connectivity index is 0.000000228. The van der Waals surface area contributed by atoms with E-state index < -0.39 is 11.2 Å². The van der Waals surface area contributed by atoms with Gasteiger partial charge in [0.25, 0.3) is 0 Å². The van der Waals surface area contributed by atoms with Crippen LogP contribution in [0.2, 0.25) is 5.02 Å². The standard InChI is InChI=1S/C25H33NO3S.C24H30ClNO3S/c1-18-7-6-8-22(19(18)2)28-21-11-9-20(10-12-21)23-17-26(15-16-30-23)14-13-24(27)29-25(3,4)5;1-17-6-5-7-20(25)23(17)28-19-10-8-18(9-11-19)21-16-26(14-15-30-21)13-12-22(27)29-24(2,3)4/h6-12,23H,13-17H2,1-5H3;5-11,21H,12-16H2,1-4H3. The van der Waals surface area contributed by atoms with Crippen molar-refractivity contribution in [2.45, 2.75) is 96.9 Å². The highest BCUT2D eigenvalue weighted by Crippen LogP contribution is 2.37. The van der Waals surface area contributed by atoms with Gasteiger partial charge in [-0.1, -0.05) is 60.1 Å². The number of aryl methyl sites for hydroxylation is 2. The van der Waals surface area contributed by atoms with Crippen molar-refractivity contribution in [3.05, 3.63) is 118 Å². The van der Waals surface area contributed by atoms with E-state index in [4.69, 9.17) is 30.5 Å². The van der Waals surface area contributed by atoms with E-state index in [1.165, 1.54) is 22.3 Å². The van der Waals surface area contributed by atoms with Crippen LogP contribution in [0.4, 0.5) is 0 Å². The van der Waals surface area contributed by atoms with Crippen LogP contribution in [-0.4, -0.2) is 83.7 Å². The summed E-state index contributed by atoms with van der Waals surface area (Å²) in [5.74, 6) is 5.11. The maximum absolute atomic E-state index is 12.0. The third kappa shape index (κ3) is 15.4. The van der Waals surface area contributed by atoms with E-state index in [0.29, 0.717) is 34.1 Å². The van der Waals surface area contributed by atoms with Crippen LogP contribution >= 0.6 is 35.1 Å². The van der Waals surface area contributed by atoms with Crippen LogP contribution in [0.5, 0.6) is 23.0 Å². The van der Waals surface area contributed by atoms with Gasteiger partial charge in [-0.3, -0.25) is 9.59 Å². The Kier molecular flexibility index (Phi) is 17.3. The molecule has 8 nitrogen and oxygen atoms in total. The Morgan fingerprint density at radius 3 is 1.55 bits per heavy atom. The number of carbonyl (C=O) groups is 2. The summed E-state index contributed by atoms with van der Waals surface area (Å²) >= 11 is 10.2. The zero-order valence-electron chi connectivity index (χ0n) is 36.8. The third-order valence-electron chi connectivity index (χ3n) is 10.1. The fourth-order valence-corrected chi connectivity index (χ4v) is 9.71. The minimum Gasteiger partial charge on any atom is -0.460 e. The molecule has 2 saturated heterocycles. The molecule has 0 aliphatic carbocycles. The monoisotopic (exact) mass is 874 g/mol. The summed E-state index contributed by atoms with van der Waals surface area (Å²) < 4.78 is 23.0. The molecule has 2 aliphatic heterocycles. The molecule has 2 unspecified atom stereocenters. The lowest BCUT2D eigenvalue weighted by atomic mass is 10.1. The van der Waals surface area contributed by atoms with Crippen LogP contribution in [0.15, 0.2) is 84.9 Å². The molecule has 0 radical (unpaired) electrons. The topological polar surface area (TPSA) is 77.5 Å². The maximum Gasteiger partial charge on any atom is 0.307 e. The van der Waals surface area contributed by atoms with Crippen molar-refractivity contribution >= 4 is 47.1 Å². The predicted molar refractivity (Wildman–Crippen MR) is 249 cm³/mol. The van der Waals surface area contributed by atoms with Crippen molar-refractivity contribution in [2.24, 2.45) is 0 Å². The number of carbonyl (C=O) groups excluding carboxylic acids is 2. The van der Waals surface area contributed by atoms with Gasteiger partial charge in [0.15, 0.2) is 0 Å². The summed E-state index contributed by atoms with van der Waals surface area (Å²) in [5, 5.41) is 1.41. The Hall–Kier alpha value is -3.67. The first-order valence-corrected chi connectivity index (χ1v) is 23.4. The Labute approximate surface area is 372 Å². The van der Waals surface area contributed by atoms with Crippen molar-refractivity contribution in [3.8, 4) is 23.0 Å². The lowest BCUT2D eigenvalue weighted by Gasteiger charge is -2.32. The number of para-hydroxylation sites is 1. The van der Waals surface area contributed by atoms with Crippen LogP contribution in [0.25, 0.3) is 0 Å². The minimum absolute atomic E-state index is 0.120. The number of thioether (sulfide) groups is 2. The molecule has 11 heteroatoms. The van der Waals surface area contributed by atoms with Crippen LogP contribution in [-0.2, 0) is 19.1 Å². The lowest BCUT2D eigenvalue weighted by Crippen LogP contribution is -2.36. The second kappa shape index (κ2) is 21.9. The van der Waals surface area contributed by atoms with Crippen LogP contribution < -0.4 is 9.47 Å². The van der Waals surface area contributed by atoms with Gasteiger partial charge < -0.3 is 28.7 Å². The van der Waals surface area contributed by atoms with E-state index in [2.05, 4.69) is 66.1 Å². The van der Waals surface area contributed by atoms with Gasteiger partial charge in [0.05, 0.1) is 17.9 Å². The molecule has 2 heterocycles. The van der Waals surface area contributed by atoms with Crippen molar-refractivity contribution < 1.29 is 28.5 Å². The van der Waals surface area contributed by atoms with Crippen molar-refractivity contribution in [1.82, 2.24) is 9.80 Å². The van der Waals surface area contributed by atoms with Crippen molar-refractivity contribution in [1.29, 1.82) is 0 Å². The molecule has 0 N–H and O–H groups in total. The number of hydrogen-bond donors (Lipinski definition) is 0. The summed E-state index contributed by atoms with van der Waals surface area (Å²) in [5.41, 5.74) is 5.14. The van der Waals surface area contributed by atoms with Gasteiger partial charge in [0.2, 0.25) is 0 Å². The Bertz CT molecular complexity index is 1990. The van der Waals surface area contributed by atoms with Gasteiger partial charge in [-0.25, -0.2) is 0 Å². The fourth-order valence-electron chi connectivity index (χ4n) is 6.82. The van der Waals surface area contributed by atoms with Crippen LogP contribution in [0, 0.1) is 20.8 Å². The molecule has 0 bridgehead atoms. The van der Waals surface area contributed by atoms with Crippen LogP contribution in [0.3, 0.4) is 0 Å². The molecule has 0 spiro atoms. The molecule has 0 amide bonds. The molecule has 2 aliphatic rings. The number of halogens is 1. The van der Waals surface area contributed by atoms with Gasteiger partial charge in [0.1, 0.15) is 34.2 Å². The van der Waals surface area contributed by atoms with Gasteiger partial charge >= 0.3 is 11.9 Å². The molecule has 324 valence electrons. The number of benzene rings is 4. The zero-order valence-corrected chi connectivity index (χ0v) is 39.2. The van der Waals surface area contributed by atoms with Gasteiger partial charge in [-0.2, -0.15) is 23.5 Å². The number of esters is 2. The molecule has 6 rings (SSSR count). The summed E-state index contributed by atoms with van der Waals surface area (Å²) in [6, 6.07) is 28.5. The van der Waals surface area contributed by atoms with Crippen molar-refractivity contribution in [2.75, 3.05) is 50.8 Å². The number of ether oxygens (including phenoxy) is 4. The molecular formula is C49H63ClN2O6S2. The third-order valence-corrected chi connectivity index (χ3v) is 12.9. The van der Waals surface area contributed by atoms with E-state index >= 15 is 0 Å². The summed E-state index contributed by atoms with van der Waals surface area (Å²) in [7, 11) is 0. The average Bonchev–Trinajstić information content (AvgIpc) is 3.19. The van der Waals surface area contributed by atoms with E-state index in [9.17, 15) is 9.59 Å². The average molecular weight is 876 g/mol. The van der Waals surface area contributed by atoms with Gasteiger partial charge in [0, 0.05) is 61.3 Å². The Morgan fingerprint density at radius 2 is 1.08 bits per heavy atom. The number of hydrogen-bond acceptors (Lipinski definition) is 10. The summed E-state index contributed by atoms with van der Waals surface area (Å²) in [4.78, 5) is 28.7. The maximum atomic E-state index is 12.0. The first-order valence-electron chi connectivity index (χ1n) is 20.9. The van der Waals surface area contributed by atoms with Crippen molar-refractivity contribution in [3.63, 3.8) is 0 Å². The second-order valence-corrected chi connectivity index (χ2v) is 20.4. The lowest BCUT2D eigenvalue weighted by molar-refractivity contribution is -0.156. The van der Waals surface area contributed by atoms with E-state index in [1.54, 1.807) is 0 Å². The first-order chi connectivity index (χ1) is 28.4. The fraction of sp³-hybridized carbons (Fsp3) is 0.469. The molecule has 0 saturated carbocycles. The molecule has 4 aromatic rings. The molecule has 2 atom stereocenters. The summed E-state index contributed by atoms with van der Waals surface area (Å²) in [6.45, 7) is 23.0. The highest BCUT2D eigenvalue weighted by molar-refractivity contribution is 7.99. The highest BCUT2D eigenvalue weighted by Gasteiger charge is 2.25. The first kappa shape index (κ1) is 47.4. The zero-order chi connectivity index (χ0) is 43.5. The molecule has 4 aromatic carbocycles. The number of rotatable bonds is 12. The minimum atomic E-state index is -0.427. The van der Waals surface area contributed by atoms with Crippen LogP contribution in [0.1, 0.15) is 92.7 Å². The SMILES string of the molecule is Cc1cccc(Cl)c1Oc1ccc(C2CN(CCC(=O)OC(C)(C)C)CCS2)cc1.Cc1cccc(Oc2ccc(C3CN(CCC(=O)OC(C)(C)C)CCS3)cc2)c1C. The predicted octanol–water partition coefficient (Wildman–Crippen LogP) is 12.2. The largest absolute Gasteiger partial charge is 0.460 e. The van der Waals surface area contributed by atoms with E-state index in [1.807, 2.05) is 114 Å². The molecule has 60 heavy (non-hydrogen) atoms. The van der Waals surface area contributed by atoms with E-state index in [0.717, 1.165) is 73.6 Å². The number of nitrogens with zero attached hydrogens (tertiary/aromatic N) is 2. The Morgan fingerprint density at radius 1 is 0.633 bits per heavy atom. The molecular weight excluding hydrogens is 812 g/mol. The van der Waals surface area contributed by atoms with E-state index in [-0.39, 0.29) is 11.9 Å². The van der Waals surface area contributed by atoms with Gasteiger partial charge in [-0.05, 0) is 127 Å². The van der Waals surface area contributed by atoms with Gasteiger partial charge in [-0.15, -0.1) is 0 Å².